The number of aliphatic carboxylic acids is 1. The third-order valence-corrected chi connectivity index (χ3v) is 2.77. The Labute approximate surface area is 111 Å². The molecule has 2 rings (SSSR count). The average Bonchev–Trinajstić information content (AvgIpc) is 3.00. The highest BCUT2D eigenvalue weighted by Crippen LogP contribution is 2.07. The number of aromatic nitrogens is 4. The van der Waals surface area contributed by atoms with Crippen LogP contribution in [0.15, 0.2) is 18.0 Å². The van der Waals surface area contributed by atoms with E-state index in [-0.39, 0.29) is 6.42 Å². The third kappa shape index (κ3) is 3.74. The van der Waals surface area contributed by atoms with Gasteiger partial charge in [-0.3, -0.25) is 5.32 Å². The van der Waals surface area contributed by atoms with Crippen molar-refractivity contribution in [2.24, 2.45) is 0 Å². The van der Waals surface area contributed by atoms with E-state index in [9.17, 15) is 9.59 Å². The van der Waals surface area contributed by atoms with Gasteiger partial charge in [-0.2, -0.15) is 0 Å². The summed E-state index contributed by atoms with van der Waals surface area (Å²) >= 11 is 1.13. The first kappa shape index (κ1) is 13.0. The Bertz CT molecular complexity index is 540. The van der Waals surface area contributed by atoms with Gasteiger partial charge in [0.1, 0.15) is 11.6 Å². The lowest BCUT2D eigenvalue weighted by Crippen LogP contribution is -2.44. The van der Waals surface area contributed by atoms with Gasteiger partial charge in [-0.25, -0.2) is 14.6 Å². The fraction of sp³-hybridized carbons (Fsp3) is 0.222. The molecular formula is C9H10N6O3S. The number of carboxylic acids is 1. The Hall–Kier alpha value is -2.49. The second-order valence-electron chi connectivity index (χ2n) is 3.51. The smallest absolute Gasteiger partial charge is 0.326 e. The highest BCUT2D eigenvalue weighted by Gasteiger charge is 2.21. The van der Waals surface area contributed by atoms with Gasteiger partial charge in [-0.1, -0.05) is 11.3 Å². The number of rotatable bonds is 5. The summed E-state index contributed by atoms with van der Waals surface area (Å²) in [4.78, 5) is 29.2. The molecule has 0 radical (unpaired) electrons. The number of amides is 2. The summed E-state index contributed by atoms with van der Waals surface area (Å²) in [5.74, 6) is -1.14. The maximum Gasteiger partial charge on any atom is 0.326 e. The van der Waals surface area contributed by atoms with Crippen molar-refractivity contribution in [1.29, 1.82) is 0 Å². The fourth-order valence-electron chi connectivity index (χ4n) is 1.34. The Morgan fingerprint density at radius 2 is 2.37 bits per heavy atom. The van der Waals surface area contributed by atoms with E-state index in [1.54, 1.807) is 0 Å². The first-order valence-electron chi connectivity index (χ1n) is 5.19. The molecule has 0 aliphatic rings. The van der Waals surface area contributed by atoms with E-state index in [4.69, 9.17) is 5.11 Å². The summed E-state index contributed by atoms with van der Waals surface area (Å²) in [5, 5.41) is 21.2. The summed E-state index contributed by atoms with van der Waals surface area (Å²) in [5.41, 5.74) is 2.07. The molecule has 0 spiro atoms. The molecule has 0 saturated carbocycles. The quantitative estimate of drug-likeness (QED) is 0.613. The first-order chi connectivity index (χ1) is 9.15. The Morgan fingerprint density at radius 1 is 1.53 bits per heavy atom. The van der Waals surface area contributed by atoms with Crippen LogP contribution in [-0.4, -0.2) is 43.3 Å². The molecule has 2 amide bonds. The summed E-state index contributed by atoms with van der Waals surface area (Å²) < 4.78 is 0. The van der Waals surface area contributed by atoms with E-state index < -0.39 is 18.0 Å². The number of carbonyl (C=O) groups is 2. The van der Waals surface area contributed by atoms with Gasteiger partial charge in [0, 0.05) is 18.3 Å². The van der Waals surface area contributed by atoms with Gasteiger partial charge in [0.2, 0.25) is 5.13 Å². The highest BCUT2D eigenvalue weighted by atomic mass is 32.1. The number of nitrogens with zero attached hydrogens (tertiary/aromatic N) is 3. The van der Waals surface area contributed by atoms with Crippen LogP contribution >= 0.6 is 11.3 Å². The first-order valence-corrected chi connectivity index (χ1v) is 6.07. The van der Waals surface area contributed by atoms with Gasteiger partial charge >= 0.3 is 12.0 Å². The van der Waals surface area contributed by atoms with Gasteiger partial charge in [-0.15, -0.1) is 10.2 Å². The Morgan fingerprint density at radius 3 is 2.95 bits per heavy atom. The predicted octanol–water partition coefficient (Wildman–Crippen LogP) is 0.0786. The zero-order valence-corrected chi connectivity index (χ0v) is 10.3. The Balaban J connectivity index is 1.93. The molecule has 9 nitrogen and oxygen atoms in total. The zero-order chi connectivity index (χ0) is 13.7. The number of hydrogen-bond donors (Lipinski definition) is 4. The van der Waals surface area contributed by atoms with Crippen LogP contribution in [0.25, 0.3) is 0 Å². The van der Waals surface area contributed by atoms with Crippen molar-refractivity contribution in [2.45, 2.75) is 12.5 Å². The molecule has 100 valence electrons. The number of carbonyl (C=O) groups excluding carboxylic acids is 1. The number of anilines is 1. The second-order valence-corrected chi connectivity index (χ2v) is 4.35. The van der Waals surface area contributed by atoms with Crippen LogP contribution in [0.3, 0.4) is 0 Å². The van der Waals surface area contributed by atoms with Crippen LogP contribution in [0.2, 0.25) is 0 Å². The van der Waals surface area contributed by atoms with E-state index in [1.165, 1.54) is 18.0 Å². The standard InChI is InChI=1S/C9H10N6O3S/c16-7(17)6(1-5-2-10-3-11-5)13-8(18)14-9-15-12-4-19-9/h2-4,6H,1H2,(H,10,11)(H,16,17)(H2,13,14,15,18). The molecule has 0 bridgehead atoms. The summed E-state index contributed by atoms with van der Waals surface area (Å²) in [6.07, 6.45) is 3.05. The van der Waals surface area contributed by atoms with Gasteiger partial charge in [-0.05, 0) is 0 Å². The van der Waals surface area contributed by atoms with E-state index in [1.807, 2.05) is 0 Å². The fourth-order valence-corrected chi connectivity index (χ4v) is 1.78. The number of imidazole rings is 1. The SMILES string of the molecule is O=C(Nc1nncs1)NC(Cc1cnc[nH]1)C(=O)O. The molecule has 0 aromatic carbocycles. The Kier molecular flexibility index (Phi) is 4.03. The normalized spacial score (nSPS) is 11.8. The van der Waals surface area contributed by atoms with Gasteiger partial charge < -0.3 is 15.4 Å². The molecule has 2 aromatic heterocycles. The number of aromatic amines is 1. The van der Waals surface area contributed by atoms with Crippen LogP contribution in [0, 0.1) is 0 Å². The van der Waals surface area contributed by atoms with Crippen LogP contribution < -0.4 is 10.6 Å². The molecular weight excluding hydrogens is 272 g/mol. The van der Waals surface area contributed by atoms with E-state index in [0.29, 0.717) is 10.8 Å². The van der Waals surface area contributed by atoms with Crippen LogP contribution in [0.5, 0.6) is 0 Å². The van der Waals surface area contributed by atoms with Crippen molar-refractivity contribution in [3.63, 3.8) is 0 Å². The van der Waals surface area contributed by atoms with Crippen molar-refractivity contribution < 1.29 is 14.7 Å². The highest BCUT2D eigenvalue weighted by molar-refractivity contribution is 7.13. The largest absolute Gasteiger partial charge is 0.480 e. The van der Waals surface area contributed by atoms with Crippen molar-refractivity contribution in [3.8, 4) is 0 Å². The number of hydrogen-bond acceptors (Lipinski definition) is 6. The summed E-state index contributed by atoms with van der Waals surface area (Å²) in [6, 6.07) is -1.71. The van der Waals surface area contributed by atoms with Crippen LogP contribution in [0.4, 0.5) is 9.93 Å². The number of nitrogens with one attached hydrogen (secondary N) is 3. The van der Waals surface area contributed by atoms with Crippen molar-refractivity contribution in [1.82, 2.24) is 25.5 Å². The number of carboxylic acid groups (broad SMARTS) is 1. The van der Waals surface area contributed by atoms with Crippen LogP contribution in [0.1, 0.15) is 5.69 Å². The molecule has 4 N–H and O–H groups in total. The molecule has 0 saturated heterocycles. The van der Waals surface area contributed by atoms with Gasteiger partial charge in [0.05, 0.1) is 6.33 Å². The molecule has 2 aromatic rings. The lowest BCUT2D eigenvalue weighted by Gasteiger charge is -2.13. The number of urea groups is 1. The van der Waals surface area contributed by atoms with Gasteiger partial charge in [0.25, 0.3) is 0 Å². The maximum absolute atomic E-state index is 11.6. The monoisotopic (exact) mass is 282 g/mol. The molecule has 1 unspecified atom stereocenters. The van der Waals surface area contributed by atoms with Crippen molar-refractivity contribution in [3.05, 3.63) is 23.7 Å². The van der Waals surface area contributed by atoms with E-state index >= 15 is 0 Å². The minimum atomic E-state index is -1.14. The lowest BCUT2D eigenvalue weighted by molar-refractivity contribution is -0.139. The van der Waals surface area contributed by atoms with Crippen molar-refractivity contribution in [2.75, 3.05) is 5.32 Å². The second kappa shape index (κ2) is 5.91. The zero-order valence-electron chi connectivity index (χ0n) is 9.53. The maximum atomic E-state index is 11.6. The topological polar surface area (TPSA) is 133 Å². The van der Waals surface area contributed by atoms with Crippen LogP contribution in [-0.2, 0) is 11.2 Å². The molecule has 10 heteroatoms. The predicted molar refractivity (Wildman–Crippen MR) is 65.8 cm³/mol. The van der Waals surface area contributed by atoms with Gasteiger partial charge in [0.15, 0.2) is 0 Å². The minimum absolute atomic E-state index is 0.110. The molecule has 0 fully saturated rings. The van der Waals surface area contributed by atoms with Crippen molar-refractivity contribution >= 4 is 28.5 Å². The minimum Gasteiger partial charge on any atom is -0.480 e. The molecule has 0 aliphatic heterocycles. The summed E-state index contributed by atoms with van der Waals surface area (Å²) in [7, 11) is 0. The lowest BCUT2D eigenvalue weighted by atomic mass is 10.2. The molecule has 0 aliphatic carbocycles. The average molecular weight is 282 g/mol. The molecule has 1 atom stereocenters. The third-order valence-electron chi connectivity index (χ3n) is 2.16. The van der Waals surface area contributed by atoms with E-state index in [2.05, 4.69) is 30.8 Å². The summed E-state index contributed by atoms with van der Waals surface area (Å²) in [6.45, 7) is 0. The van der Waals surface area contributed by atoms with E-state index in [0.717, 1.165) is 11.3 Å². The molecule has 19 heavy (non-hydrogen) atoms. The number of H-pyrrole nitrogens is 1. The molecule has 2 heterocycles.